The minimum absolute atomic E-state index is 0.402. The fourth-order valence-corrected chi connectivity index (χ4v) is 3.25. The average Bonchev–Trinajstić information content (AvgIpc) is 3.17. The van der Waals surface area contributed by atoms with E-state index < -0.39 is 0 Å². The van der Waals surface area contributed by atoms with Crippen LogP contribution in [0.15, 0.2) is 52.8 Å². The van der Waals surface area contributed by atoms with Crippen LogP contribution in [0.3, 0.4) is 0 Å². The second-order valence-corrected chi connectivity index (χ2v) is 6.96. The number of hydrogen-bond acceptors (Lipinski definition) is 5. The summed E-state index contributed by atoms with van der Waals surface area (Å²) in [4.78, 5) is 7.02. The topological polar surface area (TPSA) is 69.3 Å². The summed E-state index contributed by atoms with van der Waals surface area (Å²) in [5.41, 5.74) is 4.53. The molecule has 2 rings (SSSR count). The molecule has 1 aliphatic rings. The summed E-state index contributed by atoms with van der Waals surface area (Å²) in [7, 11) is 2.03. The van der Waals surface area contributed by atoms with E-state index in [0.29, 0.717) is 6.04 Å². The second kappa shape index (κ2) is 10.6. The van der Waals surface area contributed by atoms with E-state index in [2.05, 4.69) is 60.0 Å². The summed E-state index contributed by atoms with van der Waals surface area (Å²) in [5.74, 6) is 0. The van der Waals surface area contributed by atoms with Gasteiger partial charge in [-0.25, -0.2) is 4.99 Å². The van der Waals surface area contributed by atoms with Crippen LogP contribution in [-0.4, -0.2) is 40.2 Å². The number of aromatic nitrogens is 2. The van der Waals surface area contributed by atoms with Crippen molar-refractivity contribution in [2.24, 2.45) is 4.99 Å². The summed E-state index contributed by atoms with van der Waals surface area (Å²) in [6.07, 6.45) is 15.5. The summed E-state index contributed by atoms with van der Waals surface area (Å²) in [6.45, 7) is 9.50. The van der Waals surface area contributed by atoms with Gasteiger partial charge in [0.2, 0.25) is 0 Å². The highest BCUT2D eigenvalue weighted by molar-refractivity contribution is 6.13. The molecule has 28 heavy (non-hydrogen) atoms. The summed E-state index contributed by atoms with van der Waals surface area (Å²) >= 11 is 0. The molecule has 1 aliphatic heterocycles. The van der Waals surface area contributed by atoms with Gasteiger partial charge in [0.25, 0.3) is 0 Å². The van der Waals surface area contributed by atoms with Crippen molar-refractivity contribution in [1.82, 2.24) is 20.0 Å². The van der Waals surface area contributed by atoms with E-state index in [-0.39, 0.29) is 0 Å². The first-order valence-electron chi connectivity index (χ1n) is 10.3. The minimum Gasteiger partial charge on any atom is -0.390 e. The molecule has 0 fully saturated rings. The number of aliphatic imine (C=N–C) groups is 1. The Balaban J connectivity index is 2.46. The standard InChI is InChI=1S/C22H34N6/c1-6-10-21-22(18-14-25-28(15-18)19(8-3)9-4)26-20(16-27(21)5)17(12-23)13-24-11-7-2/h10,12-16,19,23-24H,6-9,11H2,1-5H3/b17-13+,21-10-,23-12?. The van der Waals surface area contributed by atoms with E-state index in [1.807, 2.05) is 25.6 Å². The smallest absolute Gasteiger partial charge is 0.0974 e. The maximum absolute atomic E-state index is 7.82. The van der Waals surface area contributed by atoms with Crippen molar-refractivity contribution in [3.63, 3.8) is 0 Å². The number of nitrogens with zero attached hydrogens (tertiary/aromatic N) is 4. The average molecular weight is 383 g/mol. The molecule has 6 heteroatoms. The molecule has 0 bridgehead atoms. The minimum atomic E-state index is 0.402. The van der Waals surface area contributed by atoms with E-state index in [4.69, 9.17) is 10.4 Å². The lowest BCUT2D eigenvalue weighted by Crippen LogP contribution is -2.24. The second-order valence-electron chi connectivity index (χ2n) is 6.96. The third-order valence-corrected chi connectivity index (χ3v) is 4.86. The molecular formula is C22H34N6. The van der Waals surface area contributed by atoms with E-state index >= 15 is 0 Å². The van der Waals surface area contributed by atoms with Crippen LogP contribution in [-0.2, 0) is 0 Å². The Kier molecular flexibility index (Phi) is 8.23. The van der Waals surface area contributed by atoms with E-state index in [9.17, 15) is 0 Å². The third kappa shape index (κ3) is 5.00. The molecule has 0 spiro atoms. The number of likely N-dealkylation sites (N-methyl/N-ethyl adjacent to an activating group) is 1. The van der Waals surface area contributed by atoms with E-state index in [1.54, 1.807) is 0 Å². The molecule has 152 valence electrons. The predicted molar refractivity (Wildman–Crippen MR) is 118 cm³/mol. The van der Waals surface area contributed by atoms with Crippen molar-refractivity contribution < 1.29 is 0 Å². The Morgan fingerprint density at radius 1 is 1.25 bits per heavy atom. The molecule has 0 atom stereocenters. The third-order valence-electron chi connectivity index (χ3n) is 4.86. The highest BCUT2D eigenvalue weighted by atomic mass is 15.3. The van der Waals surface area contributed by atoms with Crippen molar-refractivity contribution in [2.75, 3.05) is 13.6 Å². The van der Waals surface area contributed by atoms with E-state index in [0.717, 1.165) is 60.5 Å². The molecule has 2 heterocycles. The Labute approximate surface area is 169 Å². The maximum Gasteiger partial charge on any atom is 0.0974 e. The van der Waals surface area contributed by atoms with Gasteiger partial charge in [0.05, 0.1) is 29.3 Å². The molecule has 0 unspecified atom stereocenters. The van der Waals surface area contributed by atoms with Gasteiger partial charge >= 0.3 is 0 Å². The van der Waals surface area contributed by atoms with Crippen molar-refractivity contribution in [2.45, 2.75) is 59.4 Å². The van der Waals surface area contributed by atoms with Gasteiger partial charge in [0, 0.05) is 49.5 Å². The SMILES string of the molecule is CC/C=C1/C(c2cnn(C(CC)CC)c2)=NC(/C(C=N)=C/NCCC)=CN1C. The van der Waals surface area contributed by atoms with Crippen LogP contribution in [0.25, 0.3) is 0 Å². The Morgan fingerprint density at radius 3 is 2.61 bits per heavy atom. The lowest BCUT2D eigenvalue weighted by atomic mass is 10.1. The predicted octanol–water partition coefficient (Wildman–Crippen LogP) is 4.65. The van der Waals surface area contributed by atoms with Crippen LogP contribution in [0.1, 0.15) is 65.0 Å². The quantitative estimate of drug-likeness (QED) is 0.457. The first-order chi connectivity index (χ1) is 13.6. The highest BCUT2D eigenvalue weighted by Crippen LogP contribution is 2.25. The van der Waals surface area contributed by atoms with Crippen LogP contribution in [0.2, 0.25) is 0 Å². The van der Waals surface area contributed by atoms with Crippen LogP contribution in [0.4, 0.5) is 0 Å². The maximum atomic E-state index is 7.82. The molecule has 0 amide bonds. The number of rotatable bonds is 10. The normalized spacial score (nSPS) is 16.4. The molecule has 0 saturated heterocycles. The van der Waals surface area contributed by atoms with Crippen LogP contribution in [0.5, 0.6) is 0 Å². The van der Waals surface area contributed by atoms with Crippen molar-refractivity contribution >= 4 is 11.9 Å². The largest absolute Gasteiger partial charge is 0.390 e. The Bertz CT molecular complexity index is 777. The first kappa shape index (κ1) is 21.7. The van der Waals surface area contributed by atoms with Gasteiger partial charge in [-0.05, 0) is 25.7 Å². The van der Waals surface area contributed by atoms with E-state index in [1.165, 1.54) is 6.21 Å². The van der Waals surface area contributed by atoms with Crippen LogP contribution < -0.4 is 5.32 Å². The van der Waals surface area contributed by atoms with Gasteiger partial charge in [0.1, 0.15) is 0 Å². The zero-order valence-corrected chi connectivity index (χ0v) is 17.9. The molecule has 1 aromatic rings. The fraction of sp³-hybridized carbons (Fsp3) is 0.500. The van der Waals surface area contributed by atoms with Gasteiger partial charge in [0.15, 0.2) is 0 Å². The fourth-order valence-electron chi connectivity index (χ4n) is 3.25. The van der Waals surface area contributed by atoms with Gasteiger partial charge in [-0.2, -0.15) is 5.10 Å². The zero-order chi connectivity index (χ0) is 20.5. The molecule has 2 N–H and O–H groups in total. The molecular weight excluding hydrogens is 348 g/mol. The molecule has 1 aromatic heterocycles. The van der Waals surface area contributed by atoms with Crippen molar-refractivity contribution in [3.05, 3.63) is 53.4 Å². The van der Waals surface area contributed by atoms with Gasteiger partial charge < -0.3 is 15.6 Å². The number of allylic oxidation sites excluding steroid dienone is 3. The van der Waals surface area contributed by atoms with Crippen molar-refractivity contribution in [1.29, 1.82) is 5.41 Å². The number of hydrogen-bond donors (Lipinski definition) is 2. The molecule has 0 aromatic carbocycles. The lowest BCUT2D eigenvalue weighted by molar-refractivity contribution is 0.428. The summed E-state index contributed by atoms with van der Waals surface area (Å²) < 4.78 is 2.05. The zero-order valence-electron chi connectivity index (χ0n) is 17.9. The molecule has 0 aliphatic carbocycles. The van der Waals surface area contributed by atoms with Gasteiger partial charge in [-0.3, -0.25) is 4.68 Å². The summed E-state index contributed by atoms with van der Waals surface area (Å²) in [6, 6.07) is 0.402. The summed E-state index contributed by atoms with van der Waals surface area (Å²) in [5, 5.41) is 15.7. The van der Waals surface area contributed by atoms with Crippen LogP contribution >= 0.6 is 0 Å². The van der Waals surface area contributed by atoms with Gasteiger partial charge in [-0.15, -0.1) is 0 Å². The molecule has 0 radical (unpaired) electrons. The monoisotopic (exact) mass is 382 g/mol. The Hall–Kier alpha value is -2.63. The molecule has 0 saturated carbocycles. The van der Waals surface area contributed by atoms with Gasteiger partial charge in [-0.1, -0.05) is 33.8 Å². The van der Waals surface area contributed by atoms with Crippen molar-refractivity contribution in [3.8, 4) is 0 Å². The van der Waals surface area contributed by atoms with Crippen LogP contribution in [0, 0.1) is 5.41 Å². The Morgan fingerprint density at radius 2 is 2.00 bits per heavy atom. The molecule has 6 nitrogen and oxygen atoms in total. The first-order valence-corrected chi connectivity index (χ1v) is 10.3. The lowest BCUT2D eigenvalue weighted by Gasteiger charge is -2.26. The number of nitrogens with one attached hydrogen (secondary N) is 2. The highest BCUT2D eigenvalue weighted by Gasteiger charge is 2.22.